The van der Waals surface area contributed by atoms with Gasteiger partial charge in [0.1, 0.15) is 0 Å². The van der Waals surface area contributed by atoms with Crippen LogP contribution in [0, 0.1) is 0 Å². The van der Waals surface area contributed by atoms with E-state index in [9.17, 15) is 4.79 Å². The van der Waals surface area contributed by atoms with E-state index in [1.54, 1.807) is 4.90 Å². The second-order valence-corrected chi connectivity index (χ2v) is 3.47. The lowest BCUT2D eigenvalue weighted by molar-refractivity contribution is 0.0757. The van der Waals surface area contributed by atoms with Gasteiger partial charge in [0, 0.05) is 6.54 Å². The molecule has 2 N–H and O–H groups in total. The molecule has 0 bridgehead atoms. The van der Waals surface area contributed by atoms with E-state index >= 15 is 0 Å². The SMILES string of the molecule is CN(C)C1CCCCN1C(N)=O. The third-order valence-electron chi connectivity index (χ3n) is 2.35. The molecule has 2 amide bonds. The number of hydrogen-bond donors (Lipinski definition) is 1. The Kier molecular flexibility index (Phi) is 2.92. The Morgan fingerprint density at radius 2 is 2.17 bits per heavy atom. The number of likely N-dealkylation sites (tertiary alicyclic amines) is 1. The van der Waals surface area contributed by atoms with Crippen LogP contribution in [0.25, 0.3) is 0 Å². The lowest BCUT2D eigenvalue weighted by Gasteiger charge is -2.38. The minimum Gasteiger partial charge on any atom is -0.351 e. The Morgan fingerprint density at radius 1 is 1.50 bits per heavy atom. The molecule has 1 heterocycles. The predicted octanol–water partition coefficient (Wildman–Crippen LogP) is 0.439. The van der Waals surface area contributed by atoms with Crippen LogP contribution in [0.4, 0.5) is 4.79 Å². The number of carbonyl (C=O) groups is 1. The second-order valence-electron chi connectivity index (χ2n) is 3.47. The molecule has 1 aliphatic heterocycles. The van der Waals surface area contributed by atoms with E-state index in [-0.39, 0.29) is 12.2 Å². The van der Waals surface area contributed by atoms with Gasteiger partial charge in [-0.2, -0.15) is 0 Å². The smallest absolute Gasteiger partial charge is 0.316 e. The number of nitrogens with two attached hydrogens (primary N) is 1. The third-order valence-corrected chi connectivity index (χ3v) is 2.35. The summed E-state index contributed by atoms with van der Waals surface area (Å²) in [5, 5.41) is 0. The molecule has 1 unspecified atom stereocenters. The fourth-order valence-corrected chi connectivity index (χ4v) is 1.71. The first-order valence-corrected chi connectivity index (χ1v) is 4.35. The number of hydrogen-bond acceptors (Lipinski definition) is 2. The zero-order chi connectivity index (χ0) is 9.14. The molecule has 1 aliphatic rings. The van der Waals surface area contributed by atoms with Crippen LogP contribution in [0.15, 0.2) is 0 Å². The molecule has 70 valence electrons. The summed E-state index contributed by atoms with van der Waals surface area (Å²) in [5.74, 6) is 0. The number of rotatable bonds is 1. The van der Waals surface area contributed by atoms with E-state index in [2.05, 4.69) is 0 Å². The van der Waals surface area contributed by atoms with Gasteiger partial charge in [0.15, 0.2) is 0 Å². The Bertz CT molecular complexity index is 170. The molecule has 0 saturated carbocycles. The normalized spacial score (nSPS) is 24.6. The van der Waals surface area contributed by atoms with Gasteiger partial charge in [-0.15, -0.1) is 0 Å². The Morgan fingerprint density at radius 3 is 2.58 bits per heavy atom. The summed E-state index contributed by atoms with van der Waals surface area (Å²) < 4.78 is 0. The number of nitrogens with zero attached hydrogens (tertiary/aromatic N) is 2. The molecular weight excluding hydrogens is 154 g/mol. The molecule has 1 atom stereocenters. The first kappa shape index (κ1) is 9.32. The van der Waals surface area contributed by atoms with Crippen LogP contribution >= 0.6 is 0 Å². The summed E-state index contributed by atoms with van der Waals surface area (Å²) in [6, 6.07) is -0.298. The average molecular weight is 171 g/mol. The highest BCUT2D eigenvalue weighted by Gasteiger charge is 2.26. The van der Waals surface area contributed by atoms with Crippen molar-refractivity contribution in [3.8, 4) is 0 Å². The van der Waals surface area contributed by atoms with Crippen molar-refractivity contribution >= 4 is 6.03 Å². The van der Waals surface area contributed by atoms with Crippen LogP contribution in [-0.2, 0) is 0 Å². The zero-order valence-corrected chi connectivity index (χ0v) is 7.79. The maximum absolute atomic E-state index is 11.0. The van der Waals surface area contributed by atoms with Gasteiger partial charge in [-0.25, -0.2) is 4.79 Å². The van der Waals surface area contributed by atoms with Gasteiger partial charge < -0.3 is 10.6 Å². The standard InChI is InChI=1S/C8H17N3O/c1-10(2)7-5-3-4-6-11(7)8(9)12/h7H,3-6H2,1-2H3,(H2,9,12). The molecule has 12 heavy (non-hydrogen) atoms. The summed E-state index contributed by atoms with van der Waals surface area (Å²) in [4.78, 5) is 14.8. The maximum Gasteiger partial charge on any atom is 0.316 e. The van der Waals surface area contributed by atoms with Crippen LogP contribution < -0.4 is 5.73 Å². The molecular formula is C8H17N3O. The lowest BCUT2D eigenvalue weighted by atomic mass is 10.1. The average Bonchev–Trinajstić information content (AvgIpc) is 2.04. The number of primary amides is 1. The van der Waals surface area contributed by atoms with Crippen LogP contribution in [0.2, 0.25) is 0 Å². The maximum atomic E-state index is 11.0. The summed E-state index contributed by atoms with van der Waals surface area (Å²) >= 11 is 0. The summed E-state index contributed by atoms with van der Waals surface area (Å²) in [6.45, 7) is 0.804. The van der Waals surface area contributed by atoms with Crippen LogP contribution in [0.3, 0.4) is 0 Å². The lowest BCUT2D eigenvalue weighted by Crippen LogP contribution is -2.52. The Balaban J connectivity index is 2.60. The van der Waals surface area contributed by atoms with Crippen molar-refractivity contribution < 1.29 is 4.79 Å². The molecule has 0 aliphatic carbocycles. The monoisotopic (exact) mass is 171 g/mol. The van der Waals surface area contributed by atoms with Gasteiger partial charge >= 0.3 is 6.03 Å². The van der Waals surface area contributed by atoms with E-state index in [1.165, 1.54) is 6.42 Å². The second kappa shape index (κ2) is 3.76. The topological polar surface area (TPSA) is 49.6 Å². The van der Waals surface area contributed by atoms with Crippen LogP contribution in [-0.4, -0.2) is 42.6 Å². The van der Waals surface area contributed by atoms with Crippen LogP contribution in [0.1, 0.15) is 19.3 Å². The molecule has 0 aromatic heterocycles. The molecule has 4 heteroatoms. The summed E-state index contributed by atoms with van der Waals surface area (Å²) in [5.41, 5.74) is 5.26. The van der Waals surface area contributed by atoms with E-state index in [4.69, 9.17) is 5.73 Å². The molecule has 4 nitrogen and oxygen atoms in total. The van der Waals surface area contributed by atoms with Gasteiger partial charge in [0.05, 0.1) is 6.17 Å². The number of carbonyl (C=O) groups excluding carboxylic acids is 1. The molecule has 1 rings (SSSR count). The zero-order valence-electron chi connectivity index (χ0n) is 7.79. The van der Waals surface area contributed by atoms with E-state index < -0.39 is 0 Å². The van der Waals surface area contributed by atoms with E-state index in [0.717, 1.165) is 19.4 Å². The quantitative estimate of drug-likeness (QED) is 0.622. The van der Waals surface area contributed by atoms with Gasteiger partial charge in [-0.05, 0) is 33.4 Å². The van der Waals surface area contributed by atoms with Gasteiger partial charge in [-0.3, -0.25) is 4.90 Å². The molecule has 0 spiro atoms. The van der Waals surface area contributed by atoms with Gasteiger partial charge in [-0.1, -0.05) is 0 Å². The van der Waals surface area contributed by atoms with Crippen molar-refractivity contribution in [2.75, 3.05) is 20.6 Å². The molecule has 0 aromatic carbocycles. The van der Waals surface area contributed by atoms with E-state index in [0.29, 0.717) is 0 Å². The van der Waals surface area contributed by atoms with E-state index in [1.807, 2.05) is 19.0 Å². The summed E-state index contributed by atoms with van der Waals surface area (Å²) in [7, 11) is 3.96. The molecule has 0 radical (unpaired) electrons. The summed E-state index contributed by atoms with van der Waals surface area (Å²) in [6.07, 6.45) is 3.51. The highest BCUT2D eigenvalue weighted by molar-refractivity contribution is 5.72. The minimum absolute atomic E-state index is 0.205. The number of urea groups is 1. The van der Waals surface area contributed by atoms with Crippen molar-refractivity contribution in [3.05, 3.63) is 0 Å². The molecule has 1 saturated heterocycles. The van der Waals surface area contributed by atoms with Crippen molar-refractivity contribution in [1.82, 2.24) is 9.80 Å². The van der Waals surface area contributed by atoms with Crippen molar-refractivity contribution in [3.63, 3.8) is 0 Å². The fourth-order valence-electron chi connectivity index (χ4n) is 1.71. The Hall–Kier alpha value is -0.770. The third kappa shape index (κ3) is 1.88. The molecule has 1 fully saturated rings. The van der Waals surface area contributed by atoms with Gasteiger partial charge in [0.2, 0.25) is 0 Å². The number of amides is 2. The highest BCUT2D eigenvalue weighted by Crippen LogP contribution is 2.17. The largest absolute Gasteiger partial charge is 0.351 e. The van der Waals surface area contributed by atoms with Gasteiger partial charge in [0.25, 0.3) is 0 Å². The highest BCUT2D eigenvalue weighted by atomic mass is 16.2. The van der Waals surface area contributed by atoms with Crippen molar-refractivity contribution in [2.24, 2.45) is 5.73 Å². The first-order chi connectivity index (χ1) is 5.63. The van der Waals surface area contributed by atoms with Crippen molar-refractivity contribution in [1.29, 1.82) is 0 Å². The minimum atomic E-state index is -0.298. The van der Waals surface area contributed by atoms with Crippen molar-refractivity contribution in [2.45, 2.75) is 25.4 Å². The number of piperidine rings is 1. The van der Waals surface area contributed by atoms with Crippen LogP contribution in [0.5, 0.6) is 0 Å². The Labute approximate surface area is 73.3 Å². The molecule has 0 aromatic rings. The predicted molar refractivity (Wildman–Crippen MR) is 47.6 cm³/mol. The fraction of sp³-hybridized carbons (Fsp3) is 0.875. The first-order valence-electron chi connectivity index (χ1n) is 4.35.